The lowest BCUT2D eigenvalue weighted by Gasteiger charge is -2.07. The van der Waals surface area contributed by atoms with Crippen molar-refractivity contribution < 1.29 is 18.8 Å². The monoisotopic (exact) mass is 365 g/mol. The number of hydrogen-bond donors (Lipinski definition) is 1. The third-order valence-electron chi connectivity index (χ3n) is 3.75. The second kappa shape index (κ2) is 8.66. The van der Waals surface area contributed by atoms with Crippen LogP contribution >= 0.6 is 0 Å². The summed E-state index contributed by atoms with van der Waals surface area (Å²) in [5, 5.41) is 6.65. The minimum atomic E-state index is -0.246. The zero-order valence-electron chi connectivity index (χ0n) is 15.0. The summed E-state index contributed by atoms with van der Waals surface area (Å²) in [4.78, 5) is 16.2. The fourth-order valence-electron chi connectivity index (χ4n) is 2.38. The first kappa shape index (κ1) is 18.2. The van der Waals surface area contributed by atoms with Crippen molar-refractivity contribution in [3.05, 3.63) is 66.1 Å². The number of methoxy groups -OCH3 is 2. The molecule has 2 aromatic carbocycles. The van der Waals surface area contributed by atoms with Gasteiger partial charge in [-0.05, 0) is 29.8 Å². The number of nitrogens with zero attached hydrogens (tertiary/aromatic N) is 2. The van der Waals surface area contributed by atoms with Gasteiger partial charge in [0.15, 0.2) is 11.5 Å². The Balaban J connectivity index is 1.61. The fourth-order valence-corrected chi connectivity index (χ4v) is 2.38. The van der Waals surface area contributed by atoms with Gasteiger partial charge in [-0.2, -0.15) is 4.98 Å². The number of carbonyl (C=O) groups excluding carboxylic acids is 1. The average Bonchev–Trinajstić information content (AvgIpc) is 3.20. The van der Waals surface area contributed by atoms with E-state index in [1.807, 2.05) is 30.3 Å². The number of aromatic nitrogens is 2. The van der Waals surface area contributed by atoms with Crippen molar-refractivity contribution in [1.82, 2.24) is 15.5 Å². The van der Waals surface area contributed by atoms with E-state index < -0.39 is 0 Å². The lowest BCUT2D eigenvalue weighted by atomic mass is 10.2. The molecule has 3 aromatic rings. The molecule has 0 bridgehead atoms. The highest BCUT2D eigenvalue weighted by Gasteiger charge is 2.12. The van der Waals surface area contributed by atoms with Gasteiger partial charge in [0, 0.05) is 11.6 Å². The number of nitrogens with one attached hydrogen (secondary N) is 1. The van der Waals surface area contributed by atoms with Crippen LogP contribution in [0.25, 0.3) is 17.5 Å². The molecule has 0 fully saturated rings. The summed E-state index contributed by atoms with van der Waals surface area (Å²) in [7, 11) is 3.13. The third-order valence-corrected chi connectivity index (χ3v) is 3.75. The maximum absolute atomic E-state index is 11.9. The highest BCUT2D eigenvalue weighted by molar-refractivity contribution is 5.91. The maximum Gasteiger partial charge on any atom is 0.246 e. The van der Waals surface area contributed by atoms with Gasteiger partial charge < -0.3 is 19.3 Å². The predicted molar refractivity (Wildman–Crippen MR) is 100 cm³/mol. The maximum atomic E-state index is 11.9. The minimum absolute atomic E-state index is 0.137. The normalized spacial score (nSPS) is 10.7. The summed E-state index contributed by atoms with van der Waals surface area (Å²) in [5.74, 6) is 1.65. The lowest BCUT2D eigenvalue weighted by molar-refractivity contribution is -0.116. The lowest BCUT2D eigenvalue weighted by Crippen LogP contribution is -2.20. The van der Waals surface area contributed by atoms with Gasteiger partial charge in [0.2, 0.25) is 17.6 Å². The van der Waals surface area contributed by atoms with Crippen molar-refractivity contribution in [2.24, 2.45) is 0 Å². The summed E-state index contributed by atoms with van der Waals surface area (Å²) in [6, 6.07) is 14.9. The van der Waals surface area contributed by atoms with Gasteiger partial charge in [0.05, 0.1) is 20.8 Å². The van der Waals surface area contributed by atoms with E-state index in [0.29, 0.717) is 23.2 Å². The number of carbonyl (C=O) groups is 1. The molecule has 0 aliphatic heterocycles. The second-order valence-corrected chi connectivity index (χ2v) is 5.54. The number of amides is 1. The van der Waals surface area contributed by atoms with Gasteiger partial charge in [-0.25, -0.2) is 0 Å². The van der Waals surface area contributed by atoms with Crippen LogP contribution in [0.5, 0.6) is 11.5 Å². The van der Waals surface area contributed by atoms with Crippen LogP contribution in [0.1, 0.15) is 11.5 Å². The first-order chi connectivity index (χ1) is 13.2. The summed E-state index contributed by atoms with van der Waals surface area (Å²) < 4.78 is 15.7. The molecule has 1 heterocycles. The van der Waals surface area contributed by atoms with E-state index in [4.69, 9.17) is 14.0 Å². The van der Waals surface area contributed by atoms with Gasteiger partial charge in [0.1, 0.15) is 0 Å². The first-order valence-corrected chi connectivity index (χ1v) is 8.25. The van der Waals surface area contributed by atoms with E-state index in [1.54, 1.807) is 38.5 Å². The topological polar surface area (TPSA) is 86.5 Å². The molecule has 3 rings (SSSR count). The number of hydrogen-bond acceptors (Lipinski definition) is 6. The third kappa shape index (κ3) is 4.72. The van der Waals surface area contributed by atoms with Crippen molar-refractivity contribution in [1.29, 1.82) is 0 Å². The van der Waals surface area contributed by atoms with Crippen LogP contribution in [-0.2, 0) is 11.3 Å². The zero-order valence-corrected chi connectivity index (χ0v) is 15.0. The van der Waals surface area contributed by atoms with E-state index in [1.165, 1.54) is 6.08 Å². The molecule has 0 aliphatic rings. The molecule has 27 heavy (non-hydrogen) atoms. The Labute approximate surface area is 156 Å². The molecule has 0 radical (unpaired) electrons. The average molecular weight is 365 g/mol. The van der Waals surface area contributed by atoms with Crippen LogP contribution in [0.4, 0.5) is 0 Å². The molecule has 0 unspecified atom stereocenters. The van der Waals surface area contributed by atoms with Gasteiger partial charge in [-0.1, -0.05) is 35.5 Å². The highest BCUT2D eigenvalue weighted by atomic mass is 16.5. The second-order valence-electron chi connectivity index (χ2n) is 5.54. The molecule has 0 saturated heterocycles. The van der Waals surface area contributed by atoms with Crippen molar-refractivity contribution in [3.8, 4) is 22.9 Å². The molecule has 0 aliphatic carbocycles. The molecule has 7 heteroatoms. The van der Waals surface area contributed by atoms with E-state index >= 15 is 0 Å². The fraction of sp³-hybridized carbons (Fsp3) is 0.150. The molecule has 0 saturated carbocycles. The molecule has 1 N–H and O–H groups in total. The summed E-state index contributed by atoms with van der Waals surface area (Å²) in [5.41, 5.74) is 1.67. The van der Waals surface area contributed by atoms with Crippen molar-refractivity contribution >= 4 is 12.0 Å². The van der Waals surface area contributed by atoms with Crippen LogP contribution in [-0.4, -0.2) is 30.3 Å². The van der Waals surface area contributed by atoms with Crippen molar-refractivity contribution in [3.63, 3.8) is 0 Å². The van der Waals surface area contributed by atoms with Crippen LogP contribution in [0, 0.1) is 0 Å². The Bertz CT molecular complexity index is 935. The van der Waals surface area contributed by atoms with Crippen LogP contribution in [0.2, 0.25) is 0 Å². The van der Waals surface area contributed by atoms with Crippen molar-refractivity contribution in [2.45, 2.75) is 6.54 Å². The molecular formula is C20H19N3O4. The van der Waals surface area contributed by atoms with Crippen LogP contribution in [0.3, 0.4) is 0 Å². The van der Waals surface area contributed by atoms with Gasteiger partial charge >= 0.3 is 0 Å². The van der Waals surface area contributed by atoms with Gasteiger partial charge in [-0.3, -0.25) is 4.79 Å². The molecule has 0 spiro atoms. The molecule has 1 aromatic heterocycles. The Hall–Kier alpha value is -3.61. The number of benzene rings is 2. The van der Waals surface area contributed by atoms with E-state index in [2.05, 4.69) is 15.5 Å². The molecule has 0 atom stereocenters. The first-order valence-electron chi connectivity index (χ1n) is 8.25. The minimum Gasteiger partial charge on any atom is -0.493 e. The van der Waals surface area contributed by atoms with E-state index in [-0.39, 0.29) is 12.5 Å². The van der Waals surface area contributed by atoms with Crippen molar-refractivity contribution in [2.75, 3.05) is 14.2 Å². The summed E-state index contributed by atoms with van der Waals surface area (Å²) in [6.07, 6.45) is 3.19. The SMILES string of the molecule is COc1ccc(-c2noc(CNC(=O)C=Cc3ccccc3)n2)cc1OC. The molecule has 138 valence electrons. The standard InChI is InChI=1S/C20H19N3O4/c1-25-16-10-9-15(12-17(16)26-2)20-22-19(27-23-20)13-21-18(24)11-8-14-6-4-3-5-7-14/h3-12H,13H2,1-2H3,(H,21,24). The largest absolute Gasteiger partial charge is 0.493 e. The number of ether oxygens (including phenoxy) is 2. The number of rotatable bonds is 7. The smallest absolute Gasteiger partial charge is 0.246 e. The van der Waals surface area contributed by atoms with Gasteiger partial charge in [-0.15, -0.1) is 0 Å². The van der Waals surface area contributed by atoms with Crippen LogP contribution < -0.4 is 14.8 Å². The molecule has 1 amide bonds. The Kier molecular flexibility index (Phi) is 5.84. The van der Waals surface area contributed by atoms with E-state index in [9.17, 15) is 4.79 Å². The highest BCUT2D eigenvalue weighted by Crippen LogP contribution is 2.31. The zero-order chi connectivity index (χ0) is 19.1. The Morgan fingerprint density at radius 2 is 1.89 bits per heavy atom. The molecule has 7 nitrogen and oxygen atoms in total. The van der Waals surface area contributed by atoms with Gasteiger partial charge in [0.25, 0.3) is 0 Å². The molecular weight excluding hydrogens is 346 g/mol. The summed E-state index contributed by atoms with van der Waals surface area (Å²) >= 11 is 0. The predicted octanol–water partition coefficient (Wildman–Crippen LogP) is 3.08. The van der Waals surface area contributed by atoms with E-state index in [0.717, 1.165) is 11.1 Å². The Morgan fingerprint density at radius 1 is 1.11 bits per heavy atom. The summed E-state index contributed by atoms with van der Waals surface area (Å²) in [6.45, 7) is 0.137. The van der Waals surface area contributed by atoms with Crippen LogP contribution in [0.15, 0.2) is 59.1 Å². The quantitative estimate of drug-likeness (QED) is 0.648. The Morgan fingerprint density at radius 3 is 2.63 bits per heavy atom.